The van der Waals surface area contributed by atoms with Crippen LogP contribution in [0.25, 0.3) is 0 Å². The smallest absolute Gasteiger partial charge is 0.433 e. The molecule has 88 valence electrons. The highest BCUT2D eigenvalue weighted by Crippen LogP contribution is 2.18. The van der Waals surface area contributed by atoms with E-state index in [-0.39, 0.29) is 0 Å². The molecule has 0 saturated carbocycles. The number of thiazole rings is 1. The maximum Gasteiger partial charge on any atom is 0.527 e. The van der Waals surface area contributed by atoms with Crippen LogP contribution in [-0.4, -0.2) is 35.9 Å². The maximum absolute atomic E-state index is 11.1. The van der Waals surface area contributed by atoms with Crippen LogP contribution in [0.2, 0.25) is 0 Å². The fourth-order valence-electron chi connectivity index (χ4n) is 1.61. The van der Waals surface area contributed by atoms with Gasteiger partial charge in [-0.15, -0.1) is 16.4 Å². The Morgan fingerprint density at radius 1 is 1.56 bits per heavy atom. The first-order valence-corrected chi connectivity index (χ1v) is 6.18. The number of ether oxygens (including phenoxy) is 1. The lowest BCUT2D eigenvalue weighted by Gasteiger charge is -2.17. The quantitative estimate of drug-likeness (QED) is 0.738. The minimum absolute atomic E-state index is 0.335. The number of carbonyl (C=O) groups excluding carboxylic acids is 1. The van der Waals surface area contributed by atoms with E-state index < -0.39 is 6.16 Å². The van der Waals surface area contributed by atoms with Crippen molar-refractivity contribution < 1.29 is 14.4 Å². The second-order valence-electron chi connectivity index (χ2n) is 3.43. The molecule has 0 unspecified atom stereocenters. The highest BCUT2D eigenvalue weighted by molar-refractivity contribution is 7.09. The number of carbonyl (C=O) groups is 1. The first-order valence-electron chi connectivity index (χ1n) is 5.30. The monoisotopic (exact) mass is 242 g/mol. The fourth-order valence-corrected chi connectivity index (χ4v) is 2.42. The van der Waals surface area contributed by atoms with E-state index in [0.717, 1.165) is 18.5 Å². The normalized spacial score (nSPS) is 16.3. The maximum atomic E-state index is 11.1. The van der Waals surface area contributed by atoms with Crippen molar-refractivity contribution in [3.63, 3.8) is 0 Å². The van der Waals surface area contributed by atoms with Crippen LogP contribution in [-0.2, 0) is 22.4 Å². The zero-order valence-electron chi connectivity index (χ0n) is 9.14. The molecule has 2 heterocycles. The van der Waals surface area contributed by atoms with Crippen molar-refractivity contribution >= 4 is 17.5 Å². The van der Waals surface area contributed by atoms with Crippen molar-refractivity contribution in [3.8, 4) is 0 Å². The van der Waals surface area contributed by atoms with Gasteiger partial charge in [-0.25, -0.2) is 9.78 Å². The van der Waals surface area contributed by atoms with Crippen LogP contribution in [0.1, 0.15) is 17.5 Å². The second kappa shape index (κ2) is 5.27. The van der Waals surface area contributed by atoms with E-state index in [1.165, 1.54) is 4.88 Å². The molecule has 0 fully saturated rings. The highest BCUT2D eigenvalue weighted by Gasteiger charge is 2.19. The van der Waals surface area contributed by atoms with Gasteiger partial charge in [0.2, 0.25) is 0 Å². The molecule has 16 heavy (non-hydrogen) atoms. The van der Waals surface area contributed by atoms with Crippen molar-refractivity contribution in [3.05, 3.63) is 16.1 Å². The van der Waals surface area contributed by atoms with E-state index in [0.29, 0.717) is 19.7 Å². The molecule has 2 rings (SSSR count). The molecule has 0 aromatic carbocycles. The second-order valence-corrected chi connectivity index (χ2v) is 4.36. The zero-order chi connectivity index (χ0) is 11.4. The molecule has 1 aromatic rings. The molecule has 5 nitrogen and oxygen atoms in total. The van der Waals surface area contributed by atoms with Crippen LogP contribution in [0.5, 0.6) is 0 Å². The number of fused-ring (bicyclic) bond motifs is 1. The minimum atomic E-state index is -0.624. The third kappa shape index (κ3) is 2.70. The highest BCUT2D eigenvalue weighted by atomic mass is 32.1. The Labute approximate surface area is 97.9 Å². The third-order valence-electron chi connectivity index (χ3n) is 2.38. The van der Waals surface area contributed by atoms with E-state index in [2.05, 4.69) is 4.98 Å². The Kier molecular flexibility index (Phi) is 3.74. The Balaban J connectivity index is 1.87. The standard InChI is InChI=1S/C10H14N2O3S/c1-2-14-10(13)15-12-5-3-8-9(4-6-12)16-7-11-8/h7H,2-6H2,1H3. The SMILES string of the molecule is CCOC(=O)ON1CCc2ncsc2CC1. The van der Waals surface area contributed by atoms with Gasteiger partial charge in [-0.2, -0.15) is 0 Å². The molecule has 0 aliphatic carbocycles. The molecule has 0 atom stereocenters. The van der Waals surface area contributed by atoms with Crippen LogP contribution in [0, 0.1) is 0 Å². The predicted molar refractivity (Wildman–Crippen MR) is 59.2 cm³/mol. The molecular formula is C10H14N2O3S. The van der Waals surface area contributed by atoms with Crippen LogP contribution in [0.4, 0.5) is 4.79 Å². The van der Waals surface area contributed by atoms with Crippen molar-refractivity contribution in [1.29, 1.82) is 0 Å². The number of hydrogen-bond donors (Lipinski definition) is 0. The molecule has 6 heteroatoms. The molecule has 0 N–H and O–H groups in total. The van der Waals surface area contributed by atoms with Crippen molar-refractivity contribution in [2.24, 2.45) is 0 Å². The van der Waals surface area contributed by atoms with Crippen LogP contribution >= 0.6 is 11.3 Å². The average Bonchev–Trinajstić information content (AvgIpc) is 2.63. The summed E-state index contributed by atoms with van der Waals surface area (Å²) in [6.45, 7) is 3.47. The van der Waals surface area contributed by atoms with Crippen molar-refractivity contribution in [1.82, 2.24) is 10.0 Å². The van der Waals surface area contributed by atoms with Gasteiger partial charge >= 0.3 is 6.16 Å². The predicted octanol–water partition coefficient (Wildman–Crippen LogP) is 1.63. The summed E-state index contributed by atoms with van der Waals surface area (Å²) in [7, 11) is 0. The Hall–Kier alpha value is -1.14. The van der Waals surface area contributed by atoms with Gasteiger partial charge in [0.25, 0.3) is 0 Å². The zero-order valence-corrected chi connectivity index (χ0v) is 9.96. The van der Waals surface area contributed by atoms with Crippen LogP contribution < -0.4 is 0 Å². The fraction of sp³-hybridized carbons (Fsp3) is 0.600. The number of nitrogens with zero attached hydrogens (tertiary/aromatic N) is 2. The Bertz CT molecular complexity index is 344. The van der Waals surface area contributed by atoms with E-state index in [4.69, 9.17) is 9.57 Å². The van der Waals surface area contributed by atoms with Crippen LogP contribution in [0.3, 0.4) is 0 Å². The van der Waals surface area contributed by atoms with Crippen molar-refractivity contribution in [2.45, 2.75) is 19.8 Å². The van der Waals surface area contributed by atoms with Gasteiger partial charge < -0.3 is 9.57 Å². The Morgan fingerprint density at radius 3 is 3.19 bits per heavy atom. The lowest BCUT2D eigenvalue weighted by atomic mass is 10.2. The summed E-state index contributed by atoms with van der Waals surface area (Å²) in [5, 5.41) is 1.65. The topological polar surface area (TPSA) is 51.7 Å². The van der Waals surface area contributed by atoms with Crippen molar-refractivity contribution in [2.75, 3.05) is 19.7 Å². The molecule has 0 spiro atoms. The van der Waals surface area contributed by atoms with E-state index >= 15 is 0 Å². The van der Waals surface area contributed by atoms with Gasteiger partial charge in [0.15, 0.2) is 0 Å². The summed E-state index contributed by atoms with van der Waals surface area (Å²) in [5.41, 5.74) is 2.99. The van der Waals surface area contributed by atoms with E-state index in [1.807, 2.05) is 5.51 Å². The summed E-state index contributed by atoms with van der Waals surface area (Å²) < 4.78 is 4.73. The molecule has 0 saturated heterocycles. The molecule has 1 aromatic heterocycles. The number of aromatic nitrogens is 1. The minimum Gasteiger partial charge on any atom is -0.433 e. The summed E-state index contributed by atoms with van der Waals surface area (Å²) in [4.78, 5) is 21.8. The number of hydrogen-bond acceptors (Lipinski definition) is 6. The third-order valence-corrected chi connectivity index (χ3v) is 3.31. The molecule has 1 aliphatic heterocycles. The summed E-state index contributed by atoms with van der Waals surface area (Å²) in [6, 6.07) is 0. The van der Waals surface area contributed by atoms with Gasteiger partial charge in [-0.1, -0.05) is 0 Å². The largest absolute Gasteiger partial charge is 0.527 e. The van der Waals surface area contributed by atoms with E-state index in [9.17, 15) is 4.79 Å². The molecular weight excluding hydrogens is 228 g/mol. The lowest BCUT2D eigenvalue weighted by Crippen LogP contribution is -2.30. The number of rotatable bonds is 2. The van der Waals surface area contributed by atoms with Gasteiger partial charge in [-0.3, -0.25) is 0 Å². The number of hydroxylamine groups is 2. The molecule has 0 bridgehead atoms. The van der Waals surface area contributed by atoms with Gasteiger partial charge in [0.05, 0.1) is 17.8 Å². The van der Waals surface area contributed by atoms with Crippen LogP contribution in [0.15, 0.2) is 5.51 Å². The van der Waals surface area contributed by atoms with Gasteiger partial charge in [-0.05, 0) is 13.3 Å². The summed E-state index contributed by atoms with van der Waals surface area (Å²) >= 11 is 1.66. The molecule has 0 amide bonds. The first-order chi connectivity index (χ1) is 7.79. The summed E-state index contributed by atoms with van der Waals surface area (Å²) in [5.74, 6) is 0. The molecule has 0 radical (unpaired) electrons. The summed E-state index contributed by atoms with van der Waals surface area (Å²) in [6.07, 6.45) is 1.07. The first kappa shape index (κ1) is 11.3. The lowest BCUT2D eigenvalue weighted by molar-refractivity contribution is -0.124. The average molecular weight is 242 g/mol. The Morgan fingerprint density at radius 2 is 2.38 bits per heavy atom. The van der Waals surface area contributed by atoms with Gasteiger partial charge in [0, 0.05) is 24.4 Å². The molecule has 1 aliphatic rings. The van der Waals surface area contributed by atoms with E-state index in [1.54, 1.807) is 23.3 Å². The van der Waals surface area contributed by atoms with Gasteiger partial charge in [0.1, 0.15) is 0 Å².